The van der Waals surface area contributed by atoms with Gasteiger partial charge in [0.05, 0.1) is 0 Å². The first-order chi connectivity index (χ1) is 18.5. The summed E-state index contributed by atoms with van der Waals surface area (Å²) in [5.74, 6) is -1.07. The second-order valence-corrected chi connectivity index (χ2v) is 9.78. The first kappa shape index (κ1) is 28.9. The van der Waals surface area contributed by atoms with Gasteiger partial charge in [0.15, 0.2) is 0 Å². The van der Waals surface area contributed by atoms with Gasteiger partial charge in [0.1, 0.15) is 18.4 Å². The Kier molecular flexibility index (Phi) is 11.8. The highest BCUT2D eigenvalue weighted by atomic mass is 16.5. The molecule has 0 bridgehead atoms. The van der Waals surface area contributed by atoms with Crippen molar-refractivity contribution in [2.75, 3.05) is 13.6 Å². The van der Waals surface area contributed by atoms with Crippen molar-refractivity contribution >= 4 is 17.7 Å². The third-order valence-corrected chi connectivity index (χ3v) is 6.73. The molecule has 1 heterocycles. The quantitative estimate of drug-likeness (QED) is 0.288. The minimum absolute atomic E-state index is 0.143. The Morgan fingerprint density at radius 2 is 1.71 bits per heavy atom. The van der Waals surface area contributed by atoms with Crippen LogP contribution in [-0.2, 0) is 27.4 Å². The third kappa shape index (κ3) is 9.67. The maximum Gasteiger partial charge on any atom is 0.245 e. The van der Waals surface area contributed by atoms with E-state index >= 15 is 0 Å². The summed E-state index contributed by atoms with van der Waals surface area (Å²) in [6.07, 6.45) is 9.23. The molecule has 8 heteroatoms. The number of nitrogens with zero attached hydrogens (tertiary/aromatic N) is 1. The molecule has 8 nitrogen and oxygen atoms in total. The van der Waals surface area contributed by atoms with Gasteiger partial charge < -0.3 is 15.0 Å². The maximum absolute atomic E-state index is 13.4. The highest BCUT2D eigenvalue weighted by Crippen LogP contribution is 2.18. The largest absolute Gasteiger partial charge is 0.489 e. The molecule has 0 spiro atoms. The van der Waals surface area contributed by atoms with Gasteiger partial charge in [0.2, 0.25) is 17.7 Å². The number of hydrogen-bond acceptors (Lipinski definition) is 5. The van der Waals surface area contributed by atoms with Gasteiger partial charge >= 0.3 is 0 Å². The van der Waals surface area contributed by atoms with Gasteiger partial charge in [-0.05, 0) is 61.8 Å². The minimum atomic E-state index is -0.772. The van der Waals surface area contributed by atoms with Crippen molar-refractivity contribution < 1.29 is 24.3 Å². The minimum Gasteiger partial charge on any atom is -0.489 e. The van der Waals surface area contributed by atoms with Gasteiger partial charge in [-0.1, -0.05) is 54.6 Å². The topological polar surface area (TPSA) is 108 Å². The number of amides is 3. The number of rotatable bonds is 7. The van der Waals surface area contributed by atoms with Crippen LogP contribution in [-0.4, -0.2) is 47.5 Å². The zero-order valence-corrected chi connectivity index (χ0v) is 22.1. The number of carbonyl (C=O) groups excluding carboxylic acids is 3. The van der Waals surface area contributed by atoms with Gasteiger partial charge in [0, 0.05) is 32.4 Å². The summed E-state index contributed by atoms with van der Waals surface area (Å²) in [6, 6.07) is 16.7. The Bertz CT molecular complexity index is 1060. The molecule has 2 aromatic carbocycles. The van der Waals surface area contributed by atoms with Gasteiger partial charge in [0.25, 0.3) is 0 Å². The van der Waals surface area contributed by atoms with Crippen LogP contribution in [0.25, 0.3) is 0 Å². The van der Waals surface area contributed by atoms with Crippen molar-refractivity contribution in [1.29, 1.82) is 0 Å². The molecule has 38 heavy (non-hydrogen) atoms. The molecule has 1 aliphatic heterocycles. The molecule has 0 aliphatic carbocycles. The molecule has 3 N–H and O–H groups in total. The van der Waals surface area contributed by atoms with E-state index in [9.17, 15) is 14.4 Å². The number of ether oxygens (including phenoxy) is 1. The second kappa shape index (κ2) is 15.6. The Morgan fingerprint density at radius 3 is 2.42 bits per heavy atom. The molecular weight excluding hydrogens is 482 g/mol. The normalized spacial score (nSPS) is 19.7. The van der Waals surface area contributed by atoms with Gasteiger partial charge in [-0.2, -0.15) is 0 Å². The molecule has 1 aliphatic rings. The van der Waals surface area contributed by atoms with Crippen LogP contribution in [0, 0.1) is 5.92 Å². The molecule has 3 amide bonds. The third-order valence-electron chi connectivity index (χ3n) is 6.73. The zero-order valence-electron chi connectivity index (χ0n) is 22.1. The van der Waals surface area contributed by atoms with Gasteiger partial charge in [-0.15, -0.1) is 0 Å². The van der Waals surface area contributed by atoms with Crippen LogP contribution < -0.4 is 15.5 Å². The molecule has 2 atom stereocenters. The number of allylic oxidation sites excluding steroid dienone is 2. The lowest BCUT2D eigenvalue weighted by atomic mass is 9.95. The monoisotopic (exact) mass is 521 g/mol. The van der Waals surface area contributed by atoms with Crippen LogP contribution in [0.2, 0.25) is 0 Å². The molecule has 0 fully saturated rings. The lowest BCUT2D eigenvalue weighted by molar-refractivity contribution is -0.138. The molecule has 3 rings (SSSR count). The molecular formula is C30H39N3O5. The Hall–Kier alpha value is -3.65. The Labute approximate surface area is 225 Å². The van der Waals surface area contributed by atoms with Crippen LogP contribution in [0.3, 0.4) is 0 Å². The second-order valence-electron chi connectivity index (χ2n) is 9.78. The van der Waals surface area contributed by atoms with Gasteiger partial charge in [-0.25, -0.2) is 5.48 Å². The molecule has 2 aromatic rings. The number of carbonyl (C=O) groups is 3. The molecule has 0 aromatic heterocycles. The number of benzene rings is 2. The SMILES string of the molecule is CN1CCCCC=CCCC[C@H](CC(=O)NO)C(=O)N[C@@H](Cc2ccc(OCc3ccccc3)cc2)C1=O. The first-order valence-corrected chi connectivity index (χ1v) is 13.3. The Balaban J connectivity index is 1.72. The van der Waals surface area contributed by atoms with Crippen LogP contribution in [0.5, 0.6) is 5.75 Å². The maximum atomic E-state index is 13.4. The molecule has 0 saturated heterocycles. The summed E-state index contributed by atoms with van der Waals surface area (Å²) >= 11 is 0. The van der Waals surface area contributed by atoms with Crippen molar-refractivity contribution in [2.24, 2.45) is 5.92 Å². The summed E-state index contributed by atoms with van der Waals surface area (Å²) in [4.78, 5) is 40.2. The van der Waals surface area contributed by atoms with Crippen LogP contribution >= 0.6 is 0 Å². The van der Waals surface area contributed by atoms with Crippen molar-refractivity contribution in [3.63, 3.8) is 0 Å². The fraction of sp³-hybridized carbons (Fsp3) is 0.433. The standard InChI is InChI=1S/C30H39N3O5/c1-33-19-11-6-4-2-3-5-10-14-25(21-28(34)32-37)29(35)31-27(30(33)36)20-23-15-17-26(18-16-23)38-22-24-12-8-7-9-13-24/h2-3,7-9,12-13,15-18,25,27,37H,4-6,10-11,14,19-22H2,1H3,(H,31,35)(H,32,34)/t25-,27+/m1/s1. The van der Waals surface area contributed by atoms with Crippen molar-refractivity contribution in [2.45, 2.75) is 64.0 Å². The summed E-state index contributed by atoms with van der Waals surface area (Å²) in [6.45, 7) is 1.06. The van der Waals surface area contributed by atoms with Crippen molar-refractivity contribution in [1.82, 2.24) is 15.7 Å². The van der Waals surface area contributed by atoms with Crippen molar-refractivity contribution in [3.05, 3.63) is 77.9 Å². The summed E-state index contributed by atoms with van der Waals surface area (Å²) in [7, 11) is 1.76. The van der Waals surface area contributed by atoms with E-state index in [0.29, 0.717) is 26.0 Å². The van der Waals surface area contributed by atoms with Crippen molar-refractivity contribution in [3.8, 4) is 5.75 Å². The molecule has 0 saturated carbocycles. The number of hydroxylamine groups is 1. The van der Waals surface area contributed by atoms with E-state index in [0.717, 1.165) is 49.0 Å². The number of hydrogen-bond donors (Lipinski definition) is 3. The van der Waals surface area contributed by atoms with E-state index < -0.39 is 17.9 Å². The average Bonchev–Trinajstić information content (AvgIpc) is 2.94. The van der Waals surface area contributed by atoms with E-state index in [1.807, 2.05) is 54.6 Å². The van der Waals surface area contributed by atoms with Crippen LogP contribution in [0.1, 0.15) is 56.1 Å². The van der Waals surface area contributed by atoms with Crippen LogP contribution in [0.15, 0.2) is 66.7 Å². The molecule has 204 valence electrons. The smallest absolute Gasteiger partial charge is 0.245 e. The average molecular weight is 522 g/mol. The molecule has 0 unspecified atom stereocenters. The Morgan fingerprint density at radius 1 is 1.00 bits per heavy atom. The van der Waals surface area contributed by atoms with E-state index in [1.54, 1.807) is 17.4 Å². The highest BCUT2D eigenvalue weighted by Gasteiger charge is 2.29. The van der Waals surface area contributed by atoms with E-state index in [2.05, 4.69) is 17.5 Å². The van der Waals surface area contributed by atoms with E-state index in [1.165, 1.54) is 0 Å². The molecule has 0 radical (unpaired) electrons. The predicted octanol–water partition coefficient (Wildman–Crippen LogP) is 4.17. The fourth-order valence-electron chi connectivity index (χ4n) is 4.49. The lowest BCUT2D eigenvalue weighted by Gasteiger charge is -2.26. The van der Waals surface area contributed by atoms with E-state index in [-0.39, 0.29) is 18.2 Å². The summed E-state index contributed by atoms with van der Waals surface area (Å²) in [5, 5.41) is 11.9. The lowest BCUT2D eigenvalue weighted by Crippen LogP contribution is -2.50. The zero-order chi connectivity index (χ0) is 27.2. The highest BCUT2D eigenvalue weighted by molar-refractivity contribution is 5.90. The number of nitrogens with one attached hydrogen (secondary N) is 2. The summed E-state index contributed by atoms with van der Waals surface area (Å²) in [5.41, 5.74) is 3.58. The van der Waals surface area contributed by atoms with Crippen LogP contribution in [0.4, 0.5) is 0 Å². The fourth-order valence-corrected chi connectivity index (χ4v) is 4.49. The van der Waals surface area contributed by atoms with E-state index in [4.69, 9.17) is 9.94 Å². The number of likely N-dealkylation sites (N-methyl/N-ethyl adjacent to an activating group) is 1. The first-order valence-electron chi connectivity index (χ1n) is 13.3. The van der Waals surface area contributed by atoms with Gasteiger partial charge in [-0.3, -0.25) is 19.6 Å². The predicted molar refractivity (Wildman–Crippen MR) is 145 cm³/mol. The summed E-state index contributed by atoms with van der Waals surface area (Å²) < 4.78 is 5.87.